The van der Waals surface area contributed by atoms with Crippen LogP contribution < -0.4 is 0 Å². The van der Waals surface area contributed by atoms with Gasteiger partial charge in [0.1, 0.15) is 5.60 Å². The topological polar surface area (TPSA) is 66.9 Å². The molecule has 2 saturated heterocycles. The Hall–Kier alpha value is -1.81. The highest BCUT2D eigenvalue weighted by molar-refractivity contribution is 7.89. The van der Waals surface area contributed by atoms with Crippen LogP contribution in [0.1, 0.15) is 32.8 Å². The Labute approximate surface area is 155 Å². The van der Waals surface area contributed by atoms with Crippen LogP contribution in [-0.4, -0.2) is 54.5 Å². The monoisotopic (exact) mass is 406 g/mol. The summed E-state index contributed by atoms with van der Waals surface area (Å²) in [6, 6.07) is 2.90. The van der Waals surface area contributed by atoms with Gasteiger partial charge in [-0.2, -0.15) is 17.5 Å². The normalized spacial score (nSPS) is 23.7. The summed E-state index contributed by atoms with van der Waals surface area (Å²) < 4.78 is 70.9. The number of hydrogen-bond donors (Lipinski definition) is 0. The molecule has 0 N–H and O–H groups in total. The Morgan fingerprint density at radius 3 is 2.33 bits per heavy atom. The summed E-state index contributed by atoms with van der Waals surface area (Å²) in [4.78, 5) is 13.3. The number of hydrogen-bond acceptors (Lipinski definition) is 4. The number of ether oxygens (including phenoxy) is 1. The molecule has 2 heterocycles. The van der Waals surface area contributed by atoms with Crippen molar-refractivity contribution in [3.63, 3.8) is 0 Å². The number of rotatable bonds is 2. The number of alkyl halides is 3. The predicted octanol–water partition coefficient (Wildman–Crippen LogP) is 3.09. The number of sulfonamides is 1. The summed E-state index contributed by atoms with van der Waals surface area (Å²) in [6.07, 6.45) is -4.69. The Bertz CT molecular complexity index is 848. The molecule has 3 rings (SSSR count). The summed E-state index contributed by atoms with van der Waals surface area (Å²) >= 11 is 0. The van der Waals surface area contributed by atoms with Crippen molar-refractivity contribution >= 4 is 16.1 Å². The van der Waals surface area contributed by atoms with E-state index in [9.17, 15) is 26.4 Å². The number of carbonyl (C=O) groups is 1. The van der Waals surface area contributed by atoms with Crippen LogP contribution in [-0.2, 0) is 20.9 Å². The molecular weight excluding hydrogens is 385 g/mol. The van der Waals surface area contributed by atoms with Crippen LogP contribution in [0.25, 0.3) is 0 Å². The van der Waals surface area contributed by atoms with E-state index < -0.39 is 44.4 Å². The van der Waals surface area contributed by atoms with Crippen LogP contribution in [0, 0.1) is 0 Å². The maximum absolute atomic E-state index is 12.9. The van der Waals surface area contributed by atoms with Gasteiger partial charge in [-0.15, -0.1) is 0 Å². The minimum absolute atomic E-state index is 0.0441. The van der Waals surface area contributed by atoms with Crippen molar-refractivity contribution in [2.45, 2.75) is 55.9 Å². The second kappa shape index (κ2) is 6.37. The Morgan fingerprint density at radius 2 is 1.81 bits per heavy atom. The van der Waals surface area contributed by atoms with E-state index in [0.717, 1.165) is 18.2 Å². The van der Waals surface area contributed by atoms with Gasteiger partial charge >= 0.3 is 12.3 Å². The van der Waals surface area contributed by atoms with Gasteiger partial charge in [0.2, 0.25) is 10.0 Å². The second-order valence-corrected chi connectivity index (χ2v) is 9.67. The molecule has 1 aromatic rings. The fraction of sp³-hybridized carbons (Fsp3) is 0.588. The molecule has 2 aliphatic rings. The van der Waals surface area contributed by atoms with Crippen LogP contribution in [0.2, 0.25) is 0 Å². The molecule has 0 aliphatic carbocycles. The molecule has 150 valence electrons. The lowest BCUT2D eigenvalue weighted by Gasteiger charge is -2.34. The first-order valence-corrected chi connectivity index (χ1v) is 9.92. The Balaban J connectivity index is 1.78. The van der Waals surface area contributed by atoms with E-state index in [4.69, 9.17) is 4.74 Å². The zero-order valence-electron chi connectivity index (χ0n) is 15.2. The van der Waals surface area contributed by atoms with Crippen molar-refractivity contribution in [1.29, 1.82) is 0 Å². The first-order valence-electron chi connectivity index (χ1n) is 8.48. The van der Waals surface area contributed by atoms with Gasteiger partial charge in [-0.25, -0.2) is 13.2 Å². The van der Waals surface area contributed by atoms with Gasteiger partial charge in [0.15, 0.2) is 0 Å². The van der Waals surface area contributed by atoms with Gasteiger partial charge in [-0.05, 0) is 45.4 Å². The predicted molar refractivity (Wildman–Crippen MR) is 90.5 cm³/mol. The molecule has 2 atom stereocenters. The van der Waals surface area contributed by atoms with Gasteiger partial charge in [0.05, 0.1) is 16.5 Å². The van der Waals surface area contributed by atoms with E-state index in [-0.39, 0.29) is 19.1 Å². The number of piperazine rings is 1. The van der Waals surface area contributed by atoms with Crippen LogP contribution in [0.4, 0.5) is 18.0 Å². The maximum atomic E-state index is 12.9. The van der Waals surface area contributed by atoms with E-state index in [1.54, 1.807) is 20.8 Å². The number of fused-ring (bicyclic) bond motifs is 2. The lowest BCUT2D eigenvalue weighted by Crippen LogP contribution is -2.51. The third-order valence-electron chi connectivity index (χ3n) is 4.59. The number of nitrogens with zero attached hydrogens (tertiary/aromatic N) is 2. The molecule has 10 heteroatoms. The van der Waals surface area contributed by atoms with Gasteiger partial charge in [-0.1, -0.05) is 6.07 Å². The quantitative estimate of drug-likeness (QED) is 0.757. The highest BCUT2D eigenvalue weighted by Crippen LogP contribution is 2.37. The van der Waals surface area contributed by atoms with Crippen molar-refractivity contribution in [2.24, 2.45) is 0 Å². The average Bonchev–Trinajstić information content (AvgIpc) is 3.13. The molecular formula is C17H21F3N2O4S. The van der Waals surface area contributed by atoms with E-state index in [1.165, 1.54) is 9.21 Å². The summed E-state index contributed by atoms with van der Waals surface area (Å²) in [6.45, 7) is 5.43. The van der Waals surface area contributed by atoms with Crippen molar-refractivity contribution in [1.82, 2.24) is 9.21 Å². The molecule has 2 aliphatic heterocycles. The third-order valence-corrected chi connectivity index (χ3v) is 6.50. The van der Waals surface area contributed by atoms with E-state index >= 15 is 0 Å². The largest absolute Gasteiger partial charge is 0.444 e. The van der Waals surface area contributed by atoms with Crippen LogP contribution in [0.5, 0.6) is 0 Å². The van der Waals surface area contributed by atoms with Crippen molar-refractivity contribution in [2.75, 3.05) is 13.1 Å². The highest BCUT2D eigenvalue weighted by atomic mass is 32.2. The molecule has 0 radical (unpaired) electrons. The molecule has 0 spiro atoms. The molecule has 2 bridgehead atoms. The van der Waals surface area contributed by atoms with Crippen molar-refractivity contribution < 1.29 is 31.1 Å². The fourth-order valence-electron chi connectivity index (χ4n) is 3.44. The zero-order valence-corrected chi connectivity index (χ0v) is 16.0. The minimum atomic E-state index is -4.62. The molecule has 0 unspecified atom stereocenters. The van der Waals surface area contributed by atoms with E-state index in [2.05, 4.69) is 0 Å². The van der Waals surface area contributed by atoms with Crippen molar-refractivity contribution in [3.8, 4) is 0 Å². The summed E-state index contributed by atoms with van der Waals surface area (Å²) in [5.74, 6) is 0. The number of carbonyl (C=O) groups excluding carboxylic acids is 1. The lowest BCUT2D eigenvalue weighted by atomic mass is 10.2. The first kappa shape index (κ1) is 19.9. The summed E-state index contributed by atoms with van der Waals surface area (Å²) in [5.41, 5.74) is -1.67. The lowest BCUT2D eigenvalue weighted by molar-refractivity contribution is -0.137. The number of halogens is 3. The molecule has 6 nitrogen and oxygen atoms in total. The number of amides is 1. The summed E-state index contributed by atoms with van der Waals surface area (Å²) in [5, 5.41) is 0. The Kier molecular flexibility index (Phi) is 4.70. The summed E-state index contributed by atoms with van der Waals surface area (Å²) in [7, 11) is -4.08. The molecule has 2 fully saturated rings. The van der Waals surface area contributed by atoms with Gasteiger partial charge in [0.25, 0.3) is 0 Å². The molecule has 0 saturated carbocycles. The fourth-order valence-corrected chi connectivity index (χ4v) is 5.15. The van der Waals surface area contributed by atoms with E-state index in [1.807, 2.05) is 0 Å². The average molecular weight is 406 g/mol. The molecule has 1 amide bonds. The standard InChI is InChI=1S/C17H21F3N2O4S/c1-16(2,3)26-15(23)21-9-13-8-12(21)10-22(13)27(24,25)14-6-4-5-11(7-14)17(18,19)20/h4-7,12-13H,8-10H2,1-3H3/t12-,13+/m1/s1. The second-order valence-electron chi connectivity index (χ2n) is 7.78. The Morgan fingerprint density at radius 1 is 1.15 bits per heavy atom. The number of likely N-dealkylation sites (tertiary alicyclic amines) is 1. The van der Waals surface area contributed by atoms with Crippen molar-refractivity contribution in [3.05, 3.63) is 29.8 Å². The molecule has 0 aromatic heterocycles. The van der Waals surface area contributed by atoms with Gasteiger partial charge in [-0.3, -0.25) is 0 Å². The highest BCUT2D eigenvalue weighted by Gasteiger charge is 2.51. The smallest absolute Gasteiger partial charge is 0.416 e. The van der Waals surface area contributed by atoms with E-state index in [0.29, 0.717) is 12.5 Å². The zero-order chi connectivity index (χ0) is 20.2. The third kappa shape index (κ3) is 3.91. The molecule has 1 aromatic carbocycles. The van der Waals surface area contributed by atoms with Crippen LogP contribution in [0.15, 0.2) is 29.2 Å². The SMILES string of the molecule is CC(C)(C)OC(=O)N1C[C@@H]2C[C@@H]1CN2S(=O)(=O)c1cccc(C(F)(F)F)c1. The maximum Gasteiger partial charge on any atom is 0.416 e. The first-order chi connectivity index (χ1) is 12.3. The van der Waals surface area contributed by atoms with Gasteiger partial charge in [0, 0.05) is 19.1 Å². The van der Waals surface area contributed by atoms with Crippen LogP contribution >= 0.6 is 0 Å². The minimum Gasteiger partial charge on any atom is -0.444 e. The number of benzene rings is 1. The molecule has 27 heavy (non-hydrogen) atoms. The van der Waals surface area contributed by atoms with Gasteiger partial charge < -0.3 is 9.64 Å². The van der Waals surface area contributed by atoms with Crippen LogP contribution in [0.3, 0.4) is 0 Å².